The lowest BCUT2D eigenvalue weighted by Crippen LogP contribution is -2.46. The summed E-state index contributed by atoms with van der Waals surface area (Å²) in [5, 5.41) is 0. The van der Waals surface area contributed by atoms with Crippen molar-refractivity contribution in [3.8, 4) is 11.5 Å². The maximum Gasteiger partial charge on any atom is 0.132 e. The quantitative estimate of drug-likeness (QED) is 0.832. The van der Waals surface area contributed by atoms with E-state index in [-0.39, 0.29) is 0 Å². The Balaban J connectivity index is 1.65. The molecule has 134 valence electrons. The SMILES string of the molecule is COc1ccc(OC)c(CN2CCN(c3cc(C)nc(C)n3)CC2)c1. The van der Waals surface area contributed by atoms with E-state index in [0.717, 1.165) is 67.1 Å². The summed E-state index contributed by atoms with van der Waals surface area (Å²) < 4.78 is 10.8. The highest BCUT2D eigenvalue weighted by Crippen LogP contribution is 2.26. The second-order valence-corrected chi connectivity index (χ2v) is 6.36. The van der Waals surface area contributed by atoms with Gasteiger partial charge in [-0.25, -0.2) is 9.97 Å². The van der Waals surface area contributed by atoms with Crippen LogP contribution >= 0.6 is 0 Å². The number of aromatic nitrogens is 2. The van der Waals surface area contributed by atoms with Gasteiger partial charge in [-0.05, 0) is 32.0 Å². The number of hydrogen-bond donors (Lipinski definition) is 0. The molecule has 3 rings (SSSR count). The molecule has 0 aliphatic carbocycles. The van der Waals surface area contributed by atoms with Crippen molar-refractivity contribution in [2.45, 2.75) is 20.4 Å². The van der Waals surface area contributed by atoms with Crippen molar-refractivity contribution in [2.75, 3.05) is 45.3 Å². The van der Waals surface area contributed by atoms with E-state index >= 15 is 0 Å². The molecule has 0 amide bonds. The van der Waals surface area contributed by atoms with Crippen LogP contribution in [0.15, 0.2) is 24.3 Å². The molecule has 0 bridgehead atoms. The van der Waals surface area contributed by atoms with Crippen LogP contribution in [0.3, 0.4) is 0 Å². The third-order valence-electron chi connectivity index (χ3n) is 4.53. The van der Waals surface area contributed by atoms with E-state index in [9.17, 15) is 0 Å². The summed E-state index contributed by atoms with van der Waals surface area (Å²) in [7, 11) is 3.40. The molecule has 0 spiro atoms. The van der Waals surface area contributed by atoms with Gasteiger partial charge in [0.1, 0.15) is 23.1 Å². The maximum absolute atomic E-state index is 5.49. The average Bonchev–Trinajstić information content (AvgIpc) is 2.61. The lowest BCUT2D eigenvalue weighted by atomic mass is 10.1. The van der Waals surface area contributed by atoms with Crippen molar-refractivity contribution >= 4 is 5.82 Å². The highest BCUT2D eigenvalue weighted by atomic mass is 16.5. The predicted molar refractivity (Wildman–Crippen MR) is 98.5 cm³/mol. The lowest BCUT2D eigenvalue weighted by molar-refractivity contribution is 0.245. The van der Waals surface area contributed by atoms with Crippen molar-refractivity contribution in [2.24, 2.45) is 0 Å². The van der Waals surface area contributed by atoms with Crippen molar-refractivity contribution in [1.29, 1.82) is 0 Å². The van der Waals surface area contributed by atoms with Crippen LogP contribution in [0.1, 0.15) is 17.1 Å². The Hall–Kier alpha value is -2.34. The molecule has 1 aliphatic heterocycles. The average molecular weight is 342 g/mol. The molecule has 0 N–H and O–H groups in total. The minimum atomic E-state index is 0.832. The first-order valence-electron chi connectivity index (χ1n) is 8.59. The van der Waals surface area contributed by atoms with E-state index in [1.54, 1.807) is 14.2 Å². The Kier molecular flexibility index (Phi) is 5.38. The van der Waals surface area contributed by atoms with E-state index in [0.29, 0.717) is 0 Å². The molecule has 6 nitrogen and oxygen atoms in total. The monoisotopic (exact) mass is 342 g/mol. The third-order valence-corrected chi connectivity index (χ3v) is 4.53. The van der Waals surface area contributed by atoms with Gasteiger partial charge in [-0.15, -0.1) is 0 Å². The van der Waals surface area contributed by atoms with Gasteiger partial charge in [-0.3, -0.25) is 4.90 Å². The molecule has 0 radical (unpaired) electrons. The number of anilines is 1. The fraction of sp³-hybridized carbons (Fsp3) is 0.474. The fourth-order valence-corrected chi connectivity index (χ4v) is 3.24. The predicted octanol–water partition coefficient (Wildman–Crippen LogP) is 2.43. The highest BCUT2D eigenvalue weighted by Gasteiger charge is 2.20. The van der Waals surface area contributed by atoms with Crippen molar-refractivity contribution in [1.82, 2.24) is 14.9 Å². The molecule has 6 heteroatoms. The second kappa shape index (κ2) is 7.70. The van der Waals surface area contributed by atoms with Gasteiger partial charge in [0.05, 0.1) is 14.2 Å². The van der Waals surface area contributed by atoms with Crippen LogP contribution in [0.5, 0.6) is 11.5 Å². The van der Waals surface area contributed by atoms with Crippen LogP contribution in [0.4, 0.5) is 5.82 Å². The molecule has 0 saturated carbocycles. The summed E-state index contributed by atoms with van der Waals surface area (Å²) in [6, 6.07) is 8.02. The minimum Gasteiger partial charge on any atom is -0.497 e. The Morgan fingerprint density at radius 3 is 2.36 bits per heavy atom. The summed E-state index contributed by atoms with van der Waals surface area (Å²) in [6.45, 7) is 8.72. The van der Waals surface area contributed by atoms with Crippen LogP contribution in [0, 0.1) is 13.8 Å². The number of methoxy groups -OCH3 is 2. The normalized spacial score (nSPS) is 15.3. The zero-order chi connectivity index (χ0) is 17.8. The summed E-state index contributed by atoms with van der Waals surface area (Å²) in [5.41, 5.74) is 2.18. The van der Waals surface area contributed by atoms with E-state index in [4.69, 9.17) is 9.47 Å². The van der Waals surface area contributed by atoms with Crippen LogP contribution in [0.25, 0.3) is 0 Å². The number of nitrogens with zero attached hydrogens (tertiary/aromatic N) is 4. The van der Waals surface area contributed by atoms with Gasteiger partial charge in [0, 0.05) is 50.0 Å². The lowest BCUT2D eigenvalue weighted by Gasteiger charge is -2.35. The zero-order valence-corrected chi connectivity index (χ0v) is 15.5. The van der Waals surface area contributed by atoms with Gasteiger partial charge >= 0.3 is 0 Å². The molecule has 25 heavy (non-hydrogen) atoms. The van der Waals surface area contributed by atoms with Crippen LogP contribution in [-0.2, 0) is 6.54 Å². The minimum absolute atomic E-state index is 0.832. The van der Waals surface area contributed by atoms with E-state index < -0.39 is 0 Å². The first-order chi connectivity index (χ1) is 12.1. The first kappa shape index (κ1) is 17.5. The van der Waals surface area contributed by atoms with E-state index in [1.807, 2.05) is 26.0 Å². The van der Waals surface area contributed by atoms with Gasteiger partial charge in [0.25, 0.3) is 0 Å². The van der Waals surface area contributed by atoms with Gasteiger partial charge in [0.2, 0.25) is 0 Å². The summed E-state index contributed by atoms with van der Waals surface area (Å²) >= 11 is 0. The fourth-order valence-electron chi connectivity index (χ4n) is 3.24. The van der Waals surface area contributed by atoms with Crippen molar-refractivity contribution in [3.05, 3.63) is 41.3 Å². The molecule has 0 unspecified atom stereocenters. The Morgan fingerprint density at radius 2 is 1.72 bits per heavy atom. The number of ether oxygens (including phenoxy) is 2. The summed E-state index contributed by atoms with van der Waals surface area (Å²) in [4.78, 5) is 13.7. The Bertz CT molecular complexity index is 707. The number of rotatable bonds is 5. The molecular formula is C19H26N4O2. The number of aryl methyl sites for hydroxylation is 2. The molecule has 1 aromatic carbocycles. The van der Waals surface area contributed by atoms with Gasteiger partial charge in [-0.1, -0.05) is 0 Å². The standard InChI is InChI=1S/C19H26N4O2/c1-14-11-19(21-15(2)20-14)23-9-7-22(8-10-23)13-16-12-17(24-3)5-6-18(16)25-4/h5-6,11-12H,7-10,13H2,1-4H3. The molecule has 1 fully saturated rings. The van der Waals surface area contributed by atoms with Crippen LogP contribution in [0.2, 0.25) is 0 Å². The number of benzene rings is 1. The van der Waals surface area contributed by atoms with Gasteiger partial charge in [0.15, 0.2) is 0 Å². The molecule has 1 aliphatic rings. The number of piperazine rings is 1. The largest absolute Gasteiger partial charge is 0.497 e. The summed E-state index contributed by atoms with van der Waals surface area (Å²) in [6.07, 6.45) is 0. The molecule has 1 saturated heterocycles. The number of hydrogen-bond acceptors (Lipinski definition) is 6. The molecular weight excluding hydrogens is 316 g/mol. The third kappa shape index (κ3) is 4.20. The van der Waals surface area contributed by atoms with Crippen LogP contribution < -0.4 is 14.4 Å². The smallest absolute Gasteiger partial charge is 0.132 e. The van der Waals surface area contributed by atoms with Crippen molar-refractivity contribution in [3.63, 3.8) is 0 Å². The van der Waals surface area contributed by atoms with Crippen LogP contribution in [-0.4, -0.2) is 55.3 Å². The topological polar surface area (TPSA) is 50.7 Å². The van der Waals surface area contributed by atoms with Gasteiger partial charge < -0.3 is 14.4 Å². The summed E-state index contributed by atoms with van der Waals surface area (Å²) in [5.74, 6) is 3.63. The zero-order valence-electron chi connectivity index (χ0n) is 15.5. The van der Waals surface area contributed by atoms with E-state index in [2.05, 4.69) is 31.9 Å². The second-order valence-electron chi connectivity index (χ2n) is 6.36. The van der Waals surface area contributed by atoms with Gasteiger partial charge in [-0.2, -0.15) is 0 Å². The molecule has 2 aromatic rings. The van der Waals surface area contributed by atoms with E-state index in [1.165, 1.54) is 0 Å². The molecule has 2 heterocycles. The molecule has 0 atom stereocenters. The molecule has 1 aromatic heterocycles. The van der Waals surface area contributed by atoms with Crippen molar-refractivity contribution < 1.29 is 9.47 Å². The maximum atomic E-state index is 5.49. The highest BCUT2D eigenvalue weighted by molar-refractivity contribution is 5.41. The Labute approximate surface area is 149 Å². The Morgan fingerprint density at radius 1 is 0.960 bits per heavy atom. The first-order valence-corrected chi connectivity index (χ1v) is 8.59.